The van der Waals surface area contributed by atoms with E-state index in [0.29, 0.717) is 5.56 Å². The second kappa shape index (κ2) is 7.91. The van der Waals surface area contributed by atoms with E-state index in [2.05, 4.69) is 4.74 Å². The number of hydroxylamine groups is 1. The molecule has 0 aliphatic carbocycles. The third-order valence-corrected chi connectivity index (χ3v) is 2.59. The maximum absolute atomic E-state index is 11.1. The van der Waals surface area contributed by atoms with E-state index in [0.717, 1.165) is 0 Å². The van der Waals surface area contributed by atoms with Crippen LogP contribution in [0.4, 0.5) is 0 Å². The van der Waals surface area contributed by atoms with E-state index in [1.165, 1.54) is 26.3 Å². The number of carbonyl (C=O) groups excluding carboxylic acids is 1. The monoisotopic (exact) mass is 260 g/mol. The molecule has 7 heteroatoms. The van der Waals surface area contributed by atoms with E-state index in [9.17, 15) is 13.6 Å². The Bertz CT molecular complexity index is 408. The van der Waals surface area contributed by atoms with Gasteiger partial charge in [-0.1, -0.05) is 6.07 Å². The minimum absolute atomic E-state index is 0.118. The van der Waals surface area contributed by atoms with Crippen LogP contribution in [0.1, 0.15) is 15.9 Å². The average molecular weight is 260 g/mol. The Labute approximate surface area is 102 Å². The van der Waals surface area contributed by atoms with E-state index in [4.69, 9.17) is 5.21 Å². The van der Waals surface area contributed by atoms with Gasteiger partial charge in [0.2, 0.25) is 0 Å². The molecule has 0 spiro atoms. The minimum Gasteiger partial charge on any atom is -0.768 e. The van der Waals surface area contributed by atoms with E-state index in [-0.39, 0.29) is 10.5 Å². The van der Waals surface area contributed by atoms with Crippen LogP contribution in [0.2, 0.25) is 0 Å². The molecule has 0 radical (unpaired) electrons. The molecule has 6 nitrogen and oxygen atoms in total. The summed E-state index contributed by atoms with van der Waals surface area (Å²) in [6.07, 6.45) is 0. The number of rotatable bonds is 2. The van der Waals surface area contributed by atoms with Gasteiger partial charge in [0.1, 0.15) is 0 Å². The number of benzene rings is 1. The summed E-state index contributed by atoms with van der Waals surface area (Å²) in [4.78, 5) is 11.2. The quantitative estimate of drug-likeness (QED) is 0.459. The Morgan fingerprint density at radius 2 is 2.06 bits per heavy atom. The molecule has 0 bridgehead atoms. The van der Waals surface area contributed by atoms with Crippen molar-refractivity contribution in [3.8, 4) is 0 Å². The second-order valence-electron chi connectivity index (χ2n) is 2.93. The van der Waals surface area contributed by atoms with Crippen LogP contribution in [0.5, 0.6) is 0 Å². The standard InChI is InChI=1S/C9H10O4S.CH5NO/c1-6-3-4-7(9(10)13-2)5-8(6)14(11)12;1-2-3/h3-5H,1-2H3,(H,11,12);2-3H,1H3/p-1. The van der Waals surface area contributed by atoms with Crippen LogP contribution in [-0.4, -0.2) is 34.1 Å². The summed E-state index contributed by atoms with van der Waals surface area (Å²) in [7, 11) is 2.68. The zero-order valence-electron chi connectivity index (χ0n) is 9.72. The lowest BCUT2D eigenvalue weighted by Crippen LogP contribution is -2.03. The molecule has 0 heterocycles. The number of hydrogen-bond acceptors (Lipinski definition) is 6. The van der Waals surface area contributed by atoms with E-state index in [1.54, 1.807) is 18.5 Å². The molecule has 0 aliphatic rings. The largest absolute Gasteiger partial charge is 0.768 e. The van der Waals surface area contributed by atoms with Gasteiger partial charge in [0, 0.05) is 11.9 Å². The molecule has 0 aromatic heterocycles. The SMILES string of the molecule is CNO.COC(=O)c1ccc(C)c(S(=O)[O-])c1. The molecule has 0 saturated heterocycles. The Kier molecular flexibility index (Phi) is 7.31. The van der Waals surface area contributed by atoms with Crippen molar-refractivity contribution in [2.75, 3.05) is 14.2 Å². The Morgan fingerprint density at radius 1 is 1.53 bits per heavy atom. The third-order valence-electron chi connectivity index (χ3n) is 1.79. The lowest BCUT2D eigenvalue weighted by Gasteiger charge is -2.09. The van der Waals surface area contributed by atoms with Crippen LogP contribution in [0.15, 0.2) is 23.1 Å². The lowest BCUT2D eigenvalue weighted by molar-refractivity contribution is 0.0600. The zero-order valence-corrected chi connectivity index (χ0v) is 10.5. The average Bonchev–Trinajstić information content (AvgIpc) is 2.29. The van der Waals surface area contributed by atoms with Gasteiger partial charge in [-0.15, -0.1) is 0 Å². The third kappa shape index (κ3) is 5.05. The van der Waals surface area contributed by atoms with Crippen molar-refractivity contribution < 1.29 is 23.5 Å². The van der Waals surface area contributed by atoms with E-state index in [1.807, 2.05) is 0 Å². The predicted molar refractivity (Wildman–Crippen MR) is 60.6 cm³/mol. The molecule has 2 N–H and O–H groups in total. The molecule has 0 amide bonds. The second-order valence-corrected chi connectivity index (χ2v) is 3.84. The number of hydrogen-bond donors (Lipinski definition) is 2. The number of methoxy groups -OCH3 is 1. The summed E-state index contributed by atoms with van der Waals surface area (Å²) in [6.45, 7) is 1.66. The smallest absolute Gasteiger partial charge is 0.337 e. The zero-order chi connectivity index (χ0) is 13.4. The molecule has 1 unspecified atom stereocenters. The fourth-order valence-electron chi connectivity index (χ4n) is 1.02. The highest BCUT2D eigenvalue weighted by molar-refractivity contribution is 7.79. The molecule has 1 atom stereocenters. The molecule has 1 aromatic rings. The summed E-state index contributed by atoms with van der Waals surface area (Å²) < 4.78 is 25.9. The molecule has 17 heavy (non-hydrogen) atoms. The fraction of sp³-hybridized carbons (Fsp3) is 0.300. The Hall–Kier alpha value is -1.28. The van der Waals surface area contributed by atoms with Crippen LogP contribution in [0.25, 0.3) is 0 Å². The van der Waals surface area contributed by atoms with Crippen LogP contribution in [0.3, 0.4) is 0 Å². The molecule has 0 aliphatic heterocycles. The summed E-state index contributed by atoms with van der Waals surface area (Å²) in [6, 6.07) is 4.39. The first-order valence-electron chi connectivity index (χ1n) is 4.57. The van der Waals surface area contributed by atoms with Gasteiger partial charge in [-0.25, -0.2) is 10.3 Å². The highest BCUT2D eigenvalue weighted by atomic mass is 32.2. The van der Waals surface area contributed by atoms with E-state index >= 15 is 0 Å². The van der Waals surface area contributed by atoms with Crippen molar-refractivity contribution >= 4 is 17.0 Å². The molecular formula is C10H14NO5S-. The first kappa shape index (κ1) is 15.7. The van der Waals surface area contributed by atoms with Crippen molar-refractivity contribution in [1.29, 1.82) is 0 Å². The molecule has 1 aromatic carbocycles. The van der Waals surface area contributed by atoms with Gasteiger partial charge in [0.25, 0.3) is 0 Å². The van der Waals surface area contributed by atoms with Crippen LogP contribution in [0, 0.1) is 6.92 Å². The fourth-order valence-corrected chi connectivity index (χ4v) is 1.58. The van der Waals surface area contributed by atoms with Crippen LogP contribution >= 0.6 is 0 Å². The summed E-state index contributed by atoms with van der Waals surface area (Å²) in [5, 5.41) is 7.32. The number of aryl methyl sites for hydroxylation is 1. The summed E-state index contributed by atoms with van der Waals surface area (Å²) in [5.41, 5.74) is 2.59. The van der Waals surface area contributed by atoms with Gasteiger partial charge in [0.05, 0.1) is 12.7 Å². The van der Waals surface area contributed by atoms with Gasteiger partial charge < -0.3 is 14.5 Å². The van der Waals surface area contributed by atoms with Gasteiger partial charge in [-0.05, 0) is 35.7 Å². The highest BCUT2D eigenvalue weighted by Crippen LogP contribution is 2.14. The molecule has 96 valence electrons. The van der Waals surface area contributed by atoms with Crippen molar-refractivity contribution in [2.45, 2.75) is 11.8 Å². The first-order valence-corrected chi connectivity index (χ1v) is 5.64. The summed E-state index contributed by atoms with van der Waals surface area (Å²) >= 11 is -2.33. The first-order chi connectivity index (χ1) is 7.97. The minimum atomic E-state index is -2.33. The van der Waals surface area contributed by atoms with Crippen molar-refractivity contribution in [1.82, 2.24) is 5.48 Å². The number of ether oxygens (including phenoxy) is 1. The Balaban J connectivity index is 0.000000770. The lowest BCUT2D eigenvalue weighted by atomic mass is 10.1. The molecule has 0 saturated carbocycles. The number of esters is 1. The van der Waals surface area contributed by atoms with Crippen LogP contribution in [-0.2, 0) is 15.8 Å². The van der Waals surface area contributed by atoms with E-state index < -0.39 is 17.0 Å². The highest BCUT2D eigenvalue weighted by Gasteiger charge is 2.07. The van der Waals surface area contributed by atoms with Gasteiger partial charge in [-0.3, -0.25) is 4.21 Å². The Morgan fingerprint density at radius 3 is 2.47 bits per heavy atom. The van der Waals surface area contributed by atoms with Crippen LogP contribution < -0.4 is 5.48 Å². The number of nitrogens with one attached hydrogen (secondary N) is 1. The predicted octanol–water partition coefficient (Wildman–Crippen LogP) is 0.615. The maximum atomic E-state index is 11.1. The van der Waals surface area contributed by atoms with Crippen molar-refractivity contribution in [3.05, 3.63) is 29.3 Å². The van der Waals surface area contributed by atoms with Gasteiger partial charge in [-0.2, -0.15) is 0 Å². The maximum Gasteiger partial charge on any atom is 0.337 e. The molecule has 1 rings (SSSR count). The molecule has 0 fully saturated rings. The van der Waals surface area contributed by atoms with Gasteiger partial charge in [0.15, 0.2) is 0 Å². The topological polar surface area (TPSA) is 98.7 Å². The van der Waals surface area contributed by atoms with Crippen molar-refractivity contribution in [2.24, 2.45) is 0 Å². The normalized spacial score (nSPS) is 11.1. The number of carbonyl (C=O) groups is 1. The van der Waals surface area contributed by atoms with Gasteiger partial charge >= 0.3 is 5.97 Å². The summed E-state index contributed by atoms with van der Waals surface area (Å²) in [5.74, 6) is -0.545. The molecular weight excluding hydrogens is 246 g/mol. The van der Waals surface area contributed by atoms with Crippen molar-refractivity contribution in [3.63, 3.8) is 0 Å².